The van der Waals surface area contributed by atoms with Gasteiger partial charge in [0.15, 0.2) is 5.78 Å². The lowest BCUT2D eigenvalue weighted by Crippen LogP contribution is -2.36. The molecule has 0 amide bonds. The van der Waals surface area contributed by atoms with E-state index in [4.69, 9.17) is 9.22 Å². The second-order valence-electron chi connectivity index (χ2n) is 7.29. The molecule has 2 aliphatic carbocycles. The Morgan fingerprint density at radius 1 is 1.20 bits per heavy atom. The van der Waals surface area contributed by atoms with E-state index in [1.807, 2.05) is 27.7 Å². The molecule has 3 aliphatic rings. The molecule has 0 radical (unpaired) electrons. The quantitative estimate of drug-likeness (QED) is 0.289. The van der Waals surface area contributed by atoms with E-state index in [0.717, 1.165) is 28.3 Å². The highest BCUT2D eigenvalue weighted by atomic mass is 32.2. The Balaban J connectivity index is 0.000000547. The lowest BCUT2D eigenvalue weighted by molar-refractivity contribution is -0.185. The molecule has 0 aromatic carbocycles. The van der Waals surface area contributed by atoms with Gasteiger partial charge in [0.2, 0.25) is 0 Å². The highest BCUT2D eigenvalue weighted by Crippen LogP contribution is 2.45. The molecular formula is C20H35NO3S. The molecule has 5 heteroatoms. The molecule has 144 valence electrons. The Morgan fingerprint density at radius 2 is 1.80 bits per heavy atom. The van der Waals surface area contributed by atoms with Crippen LogP contribution in [0.4, 0.5) is 0 Å². The van der Waals surface area contributed by atoms with Gasteiger partial charge in [0.1, 0.15) is 0 Å². The van der Waals surface area contributed by atoms with Crippen LogP contribution < -0.4 is 5.32 Å². The van der Waals surface area contributed by atoms with Crippen molar-refractivity contribution in [2.75, 3.05) is 6.61 Å². The van der Waals surface area contributed by atoms with Gasteiger partial charge >= 0.3 is 0 Å². The van der Waals surface area contributed by atoms with Crippen molar-refractivity contribution >= 4 is 17.8 Å². The average molecular weight is 370 g/mol. The summed E-state index contributed by atoms with van der Waals surface area (Å²) in [5.74, 6) is 0.318. The van der Waals surface area contributed by atoms with Crippen molar-refractivity contribution in [3.8, 4) is 0 Å². The Labute approximate surface area is 157 Å². The minimum absolute atomic E-state index is 0.0371. The number of rotatable bonds is 4. The topological polar surface area (TPSA) is 47.6 Å². The fourth-order valence-electron chi connectivity index (χ4n) is 2.94. The summed E-state index contributed by atoms with van der Waals surface area (Å²) in [6.45, 7) is 14.7. The summed E-state index contributed by atoms with van der Waals surface area (Å²) in [6, 6.07) is 0. The van der Waals surface area contributed by atoms with Gasteiger partial charge in [-0.15, -0.1) is 0 Å². The van der Waals surface area contributed by atoms with Gasteiger partial charge < -0.3 is 5.32 Å². The summed E-state index contributed by atoms with van der Waals surface area (Å²) in [7, 11) is 0. The van der Waals surface area contributed by atoms with E-state index in [2.05, 4.69) is 26.1 Å². The molecule has 1 fully saturated rings. The van der Waals surface area contributed by atoms with Crippen molar-refractivity contribution in [3.05, 3.63) is 21.9 Å². The summed E-state index contributed by atoms with van der Waals surface area (Å²) in [5, 5.41) is 3.39. The normalized spacial score (nSPS) is 23.6. The van der Waals surface area contributed by atoms with Crippen molar-refractivity contribution < 1.29 is 14.0 Å². The number of carbonyl (C=O) groups excluding carboxylic acids is 1. The Kier molecular flexibility index (Phi) is 9.25. The number of dihydropyridines is 1. The highest BCUT2D eigenvalue weighted by molar-refractivity contribution is 7.98. The molecule has 3 rings (SSSR count). The standard InChI is InChI=1S/C15H23NO3S.C3H6.C2H6/c1-6-18-19-20-14-9(2)13-11(16-10(14)3)7-15(4,5)8-12(13)17;1-2-3-1;1-2/h9,16H,6-8H2,1-5H3;1-3H2;1-2H3. The summed E-state index contributed by atoms with van der Waals surface area (Å²) in [4.78, 5) is 18.4. The minimum Gasteiger partial charge on any atom is -0.361 e. The monoisotopic (exact) mass is 369 g/mol. The second-order valence-corrected chi connectivity index (χ2v) is 8.03. The predicted molar refractivity (Wildman–Crippen MR) is 106 cm³/mol. The Morgan fingerprint density at radius 3 is 2.32 bits per heavy atom. The third-order valence-electron chi connectivity index (χ3n) is 4.10. The summed E-state index contributed by atoms with van der Waals surface area (Å²) >= 11 is 1.20. The van der Waals surface area contributed by atoms with Crippen molar-refractivity contribution in [1.29, 1.82) is 0 Å². The van der Waals surface area contributed by atoms with Crippen LogP contribution in [0.1, 0.15) is 80.6 Å². The van der Waals surface area contributed by atoms with Crippen LogP contribution >= 0.6 is 12.0 Å². The van der Waals surface area contributed by atoms with Crippen LogP contribution in [0.25, 0.3) is 0 Å². The van der Waals surface area contributed by atoms with Gasteiger partial charge in [-0.2, -0.15) is 4.33 Å². The Hall–Kier alpha value is -0.780. The lowest BCUT2D eigenvalue weighted by Gasteiger charge is -2.38. The fourth-order valence-corrected chi connectivity index (χ4v) is 3.59. The van der Waals surface area contributed by atoms with Crippen molar-refractivity contribution in [2.45, 2.75) is 80.6 Å². The van der Waals surface area contributed by atoms with Crippen molar-refractivity contribution in [3.63, 3.8) is 0 Å². The molecule has 1 heterocycles. The molecule has 4 nitrogen and oxygen atoms in total. The molecule has 1 N–H and O–H groups in total. The summed E-state index contributed by atoms with van der Waals surface area (Å²) < 4.78 is 5.10. The van der Waals surface area contributed by atoms with Crippen LogP contribution in [-0.2, 0) is 14.0 Å². The van der Waals surface area contributed by atoms with Gasteiger partial charge in [0.25, 0.3) is 0 Å². The third kappa shape index (κ3) is 6.80. The zero-order chi connectivity index (χ0) is 19.0. The molecule has 25 heavy (non-hydrogen) atoms. The van der Waals surface area contributed by atoms with Gasteiger partial charge in [-0.3, -0.25) is 4.79 Å². The number of hydrogen-bond donors (Lipinski definition) is 1. The van der Waals surface area contributed by atoms with Gasteiger partial charge in [-0.25, -0.2) is 4.89 Å². The van der Waals surface area contributed by atoms with E-state index in [1.165, 1.54) is 31.3 Å². The molecule has 1 aliphatic heterocycles. The maximum Gasteiger partial charge on any atom is 0.161 e. The van der Waals surface area contributed by atoms with Crippen LogP contribution in [0.2, 0.25) is 0 Å². The number of carbonyl (C=O) groups is 1. The molecule has 0 spiro atoms. The lowest BCUT2D eigenvalue weighted by atomic mass is 9.72. The first kappa shape index (κ1) is 22.3. The van der Waals surface area contributed by atoms with Crippen molar-refractivity contribution in [2.24, 2.45) is 11.3 Å². The molecule has 0 aromatic heterocycles. The zero-order valence-corrected chi connectivity index (χ0v) is 17.8. The summed E-state index contributed by atoms with van der Waals surface area (Å²) in [6.07, 6.45) is 6.03. The first-order valence-electron chi connectivity index (χ1n) is 9.56. The number of ketones is 1. The van der Waals surface area contributed by atoms with Gasteiger partial charge in [0, 0.05) is 34.2 Å². The Bertz CT molecular complexity index is 518. The van der Waals surface area contributed by atoms with Crippen molar-refractivity contribution in [1.82, 2.24) is 5.32 Å². The zero-order valence-electron chi connectivity index (χ0n) is 17.0. The van der Waals surface area contributed by atoms with Crippen LogP contribution in [0.3, 0.4) is 0 Å². The van der Waals surface area contributed by atoms with E-state index in [1.54, 1.807) is 0 Å². The molecular weight excluding hydrogens is 334 g/mol. The van der Waals surface area contributed by atoms with E-state index in [-0.39, 0.29) is 17.1 Å². The van der Waals surface area contributed by atoms with E-state index >= 15 is 0 Å². The molecule has 0 aromatic rings. The largest absolute Gasteiger partial charge is 0.361 e. The van der Waals surface area contributed by atoms with E-state index < -0.39 is 0 Å². The van der Waals surface area contributed by atoms with Crippen LogP contribution in [0.15, 0.2) is 21.9 Å². The van der Waals surface area contributed by atoms with Crippen LogP contribution in [0.5, 0.6) is 0 Å². The van der Waals surface area contributed by atoms with E-state index in [0.29, 0.717) is 13.0 Å². The fraction of sp³-hybridized carbons (Fsp3) is 0.750. The van der Waals surface area contributed by atoms with Gasteiger partial charge in [-0.05, 0) is 25.7 Å². The highest BCUT2D eigenvalue weighted by Gasteiger charge is 2.39. The number of Topliss-reactive ketones (excluding diaryl/α,β-unsaturated/α-hetero) is 1. The van der Waals surface area contributed by atoms with E-state index in [9.17, 15) is 4.79 Å². The number of nitrogens with one attached hydrogen (secondary N) is 1. The maximum atomic E-state index is 12.4. The maximum absolute atomic E-state index is 12.4. The first-order chi connectivity index (χ1) is 11.9. The average Bonchev–Trinajstić information content (AvgIpc) is 3.39. The number of allylic oxidation sites excluding steroid dienone is 4. The first-order valence-corrected chi connectivity index (χ1v) is 10.3. The van der Waals surface area contributed by atoms with Gasteiger partial charge in [-0.1, -0.05) is 53.9 Å². The summed E-state index contributed by atoms with van der Waals surface area (Å²) in [5.41, 5.74) is 3.08. The molecule has 1 atom stereocenters. The SMILES string of the molecule is C1CC1.CC.CCOOSC1=C(C)NC2=C(C(=O)CC(C)(C)C2)C1C. The third-order valence-corrected chi connectivity index (χ3v) is 5.10. The molecule has 0 saturated heterocycles. The predicted octanol–water partition coefficient (Wildman–Crippen LogP) is 5.91. The van der Waals surface area contributed by atoms with Crippen LogP contribution in [-0.4, -0.2) is 12.4 Å². The van der Waals surface area contributed by atoms with Gasteiger partial charge in [0.05, 0.1) is 18.6 Å². The smallest absolute Gasteiger partial charge is 0.161 e. The minimum atomic E-state index is 0.0371. The molecule has 1 saturated carbocycles. The molecule has 1 unspecified atom stereocenters. The molecule has 0 bridgehead atoms. The van der Waals surface area contributed by atoms with Crippen LogP contribution in [0, 0.1) is 11.3 Å². The number of hydrogen-bond acceptors (Lipinski definition) is 5. The second kappa shape index (κ2) is 10.4.